The Morgan fingerprint density at radius 3 is 2.43 bits per heavy atom. The fourth-order valence-corrected chi connectivity index (χ4v) is 3.97. The number of ether oxygens (including phenoxy) is 1. The molecule has 2 N–H and O–H groups in total. The number of amides is 2. The minimum atomic E-state index is -0.353. The molecule has 4 rings (SSSR count). The lowest BCUT2D eigenvalue weighted by atomic mass is 10.0. The first kappa shape index (κ1) is 18.7. The molecule has 2 aliphatic rings. The van der Waals surface area contributed by atoms with Gasteiger partial charge in [-0.25, -0.2) is 0 Å². The largest absolute Gasteiger partial charge is 0.372 e. The molecule has 0 spiro atoms. The molecule has 2 aliphatic heterocycles. The SMILES string of the molecule is CC1CN(C(=O)c2ccc(NC(=O)C3NCc4ccccc43)cc2)CC(C)O1. The van der Waals surface area contributed by atoms with Gasteiger partial charge in [-0.2, -0.15) is 0 Å². The van der Waals surface area contributed by atoms with Crippen LogP contribution in [0.5, 0.6) is 0 Å². The van der Waals surface area contributed by atoms with E-state index in [1.807, 2.05) is 43.0 Å². The first-order valence-electron chi connectivity index (χ1n) is 9.68. The summed E-state index contributed by atoms with van der Waals surface area (Å²) >= 11 is 0. The van der Waals surface area contributed by atoms with Crippen LogP contribution < -0.4 is 10.6 Å². The highest BCUT2D eigenvalue weighted by Crippen LogP contribution is 2.26. The van der Waals surface area contributed by atoms with Gasteiger partial charge in [-0.15, -0.1) is 0 Å². The van der Waals surface area contributed by atoms with Crippen LogP contribution in [0.1, 0.15) is 41.4 Å². The van der Waals surface area contributed by atoms with Crippen molar-refractivity contribution in [2.24, 2.45) is 0 Å². The summed E-state index contributed by atoms with van der Waals surface area (Å²) in [6.07, 6.45) is 0.0705. The summed E-state index contributed by atoms with van der Waals surface area (Å²) in [7, 11) is 0. The maximum atomic E-state index is 12.7. The first-order valence-corrected chi connectivity index (χ1v) is 9.68. The minimum Gasteiger partial charge on any atom is -0.372 e. The van der Waals surface area contributed by atoms with Gasteiger partial charge in [-0.3, -0.25) is 14.9 Å². The quantitative estimate of drug-likeness (QED) is 0.860. The Labute approximate surface area is 164 Å². The van der Waals surface area contributed by atoms with Gasteiger partial charge >= 0.3 is 0 Å². The van der Waals surface area contributed by atoms with Crippen LogP contribution in [0.3, 0.4) is 0 Å². The van der Waals surface area contributed by atoms with E-state index in [2.05, 4.69) is 10.6 Å². The van der Waals surface area contributed by atoms with E-state index in [0.717, 1.165) is 11.1 Å². The molecule has 2 amide bonds. The Hall–Kier alpha value is -2.70. The highest BCUT2D eigenvalue weighted by molar-refractivity contribution is 5.98. The van der Waals surface area contributed by atoms with Gasteiger partial charge in [-0.1, -0.05) is 24.3 Å². The standard InChI is InChI=1S/C22H25N3O3/c1-14-12-25(13-15(2)28-14)22(27)16-7-9-18(10-8-16)24-21(26)20-19-6-4-3-5-17(19)11-23-20/h3-10,14-15,20,23H,11-13H2,1-2H3,(H,24,26). The van der Waals surface area contributed by atoms with E-state index >= 15 is 0 Å². The van der Waals surface area contributed by atoms with Gasteiger partial charge in [0.15, 0.2) is 0 Å². The van der Waals surface area contributed by atoms with Crippen molar-refractivity contribution in [2.45, 2.75) is 38.6 Å². The van der Waals surface area contributed by atoms with Crippen LogP contribution in [-0.4, -0.2) is 42.0 Å². The van der Waals surface area contributed by atoms with Crippen molar-refractivity contribution < 1.29 is 14.3 Å². The van der Waals surface area contributed by atoms with Crippen LogP contribution in [0.15, 0.2) is 48.5 Å². The molecule has 3 unspecified atom stereocenters. The van der Waals surface area contributed by atoms with Crippen LogP contribution in [0.4, 0.5) is 5.69 Å². The number of carbonyl (C=O) groups is 2. The van der Waals surface area contributed by atoms with Gasteiger partial charge in [0.1, 0.15) is 6.04 Å². The topological polar surface area (TPSA) is 70.7 Å². The predicted molar refractivity (Wildman–Crippen MR) is 107 cm³/mol. The highest BCUT2D eigenvalue weighted by Gasteiger charge is 2.28. The smallest absolute Gasteiger partial charge is 0.254 e. The maximum Gasteiger partial charge on any atom is 0.254 e. The number of fused-ring (bicyclic) bond motifs is 1. The fraction of sp³-hybridized carbons (Fsp3) is 0.364. The van der Waals surface area contributed by atoms with Crippen LogP contribution in [0, 0.1) is 0 Å². The van der Waals surface area contributed by atoms with Gasteiger partial charge in [-0.05, 0) is 49.2 Å². The molecule has 28 heavy (non-hydrogen) atoms. The molecule has 0 radical (unpaired) electrons. The number of rotatable bonds is 3. The maximum absolute atomic E-state index is 12.7. The molecule has 2 aromatic carbocycles. The van der Waals surface area contributed by atoms with Gasteiger partial charge < -0.3 is 15.0 Å². The van der Waals surface area contributed by atoms with E-state index in [9.17, 15) is 9.59 Å². The zero-order valence-electron chi connectivity index (χ0n) is 16.1. The molecule has 0 aromatic heterocycles. The molecule has 1 fully saturated rings. The van der Waals surface area contributed by atoms with E-state index in [0.29, 0.717) is 30.9 Å². The lowest BCUT2D eigenvalue weighted by molar-refractivity contribution is -0.118. The molecule has 2 aromatic rings. The monoisotopic (exact) mass is 379 g/mol. The number of nitrogens with zero attached hydrogens (tertiary/aromatic N) is 1. The molecular formula is C22H25N3O3. The normalized spacial score (nSPS) is 23.9. The van der Waals surface area contributed by atoms with Crippen LogP contribution >= 0.6 is 0 Å². The average Bonchev–Trinajstić information content (AvgIpc) is 3.11. The third-order valence-corrected chi connectivity index (χ3v) is 5.23. The summed E-state index contributed by atoms with van der Waals surface area (Å²) in [6.45, 7) is 5.83. The van der Waals surface area contributed by atoms with Crippen LogP contribution in [0.2, 0.25) is 0 Å². The van der Waals surface area contributed by atoms with E-state index in [4.69, 9.17) is 4.74 Å². The van der Waals surface area contributed by atoms with Crippen molar-refractivity contribution in [1.82, 2.24) is 10.2 Å². The van der Waals surface area contributed by atoms with Gasteiger partial charge in [0.05, 0.1) is 12.2 Å². The van der Waals surface area contributed by atoms with E-state index in [1.54, 1.807) is 24.3 Å². The molecule has 0 saturated carbocycles. The molecule has 0 aliphatic carbocycles. The molecule has 1 saturated heterocycles. The Bertz CT molecular complexity index is 871. The lowest BCUT2D eigenvalue weighted by Gasteiger charge is -2.35. The molecule has 6 nitrogen and oxygen atoms in total. The zero-order valence-corrected chi connectivity index (χ0v) is 16.1. The summed E-state index contributed by atoms with van der Waals surface area (Å²) < 4.78 is 5.69. The van der Waals surface area contributed by atoms with Crippen LogP contribution in [0.25, 0.3) is 0 Å². The number of benzene rings is 2. The predicted octanol–water partition coefficient (Wildman–Crippen LogP) is 2.72. The molecule has 0 bridgehead atoms. The van der Waals surface area contributed by atoms with Crippen molar-refractivity contribution in [3.05, 3.63) is 65.2 Å². The molecule has 146 valence electrons. The second kappa shape index (κ2) is 7.73. The van der Waals surface area contributed by atoms with Crippen molar-refractivity contribution in [3.8, 4) is 0 Å². The Morgan fingerprint density at radius 1 is 1.04 bits per heavy atom. The molecule has 3 atom stereocenters. The second-order valence-electron chi connectivity index (χ2n) is 7.55. The van der Waals surface area contributed by atoms with Gasteiger partial charge in [0.2, 0.25) is 5.91 Å². The van der Waals surface area contributed by atoms with Crippen molar-refractivity contribution in [2.75, 3.05) is 18.4 Å². The first-order chi connectivity index (χ1) is 13.5. The summed E-state index contributed by atoms with van der Waals surface area (Å²) in [5.74, 6) is -0.105. The summed E-state index contributed by atoms with van der Waals surface area (Å²) in [4.78, 5) is 27.2. The number of hydrogen-bond donors (Lipinski definition) is 2. The summed E-state index contributed by atoms with van der Waals surface area (Å²) in [6, 6.07) is 14.7. The van der Waals surface area contributed by atoms with Gasteiger partial charge in [0.25, 0.3) is 5.91 Å². The van der Waals surface area contributed by atoms with E-state index in [-0.39, 0.29) is 30.1 Å². The van der Waals surface area contributed by atoms with Gasteiger partial charge in [0, 0.05) is 30.9 Å². The molecule has 2 heterocycles. The number of anilines is 1. The minimum absolute atomic E-state index is 0.00809. The van der Waals surface area contributed by atoms with E-state index in [1.165, 1.54) is 0 Å². The number of hydrogen-bond acceptors (Lipinski definition) is 4. The summed E-state index contributed by atoms with van der Waals surface area (Å²) in [5, 5.41) is 6.18. The molecule has 6 heteroatoms. The van der Waals surface area contributed by atoms with Crippen molar-refractivity contribution in [1.29, 1.82) is 0 Å². The number of carbonyl (C=O) groups excluding carboxylic acids is 2. The summed E-state index contributed by atoms with van der Waals surface area (Å²) in [5.41, 5.74) is 3.46. The fourth-order valence-electron chi connectivity index (χ4n) is 3.97. The molecular weight excluding hydrogens is 354 g/mol. The zero-order chi connectivity index (χ0) is 19.7. The number of morpholine rings is 1. The van der Waals surface area contributed by atoms with Crippen molar-refractivity contribution in [3.63, 3.8) is 0 Å². The highest BCUT2D eigenvalue weighted by atomic mass is 16.5. The second-order valence-corrected chi connectivity index (χ2v) is 7.55. The van der Waals surface area contributed by atoms with Crippen molar-refractivity contribution >= 4 is 17.5 Å². The average molecular weight is 379 g/mol. The Balaban J connectivity index is 1.41. The number of nitrogens with one attached hydrogen (secondary N) is 2. The lowest BCUT2D eigenvalue weighted by Crippen LogP contribution is -2.48. The Kier molecular flexibility index (Phi) is 5.15. The third-order valence-electron chi connectivity index (χ3n) is 5.23. The Morgan fingerprint density at radius 2 is 1.71 bits per heavy atom. The van der Waals surface area contributed by atoms with Crippen LogP contribution in [-0.2, 0) is 16.1 Å². The van der Waals surface area contributed by atoms with E-state index < -0.39 is 0 Å². The third kappa shape index (κ3) is 3.79.